The lowest BCUT2D eigenvalue weighted by atomic mass is 10.0. The summed E-state index contributed by atoms with van der Waals surface area (Å²) in [6.45, 7) is 6.18. The summed E-state index contributed by atoms with van der Waals surface area (Å²) in [6, 6.07) is 22.6. The second-order valence-electron chi connectivity index (χ2n) is 9.62. The maximum atomic E-state index is 13.2. The summed E-state index contributed by atoms with van der Waals surface area (Å²) in [5.74, 6) is -0.449. The van der Waals surface area contributed by atoms with E-state index in [9.17, 15) is 9.59 Å². The third-order valence-electron chi connectivity index (χ3n) is 6.97. The van der Waals surface area contributed by atoms with Gasteiger partial charge >= 0.3 is 0 Å². The van der Waals surface area contributed by atoms with Crippen LogP contribution in [0.25, 0.3) is 0 Å². The summed E-state index contributed by atoms with van der Waals surface area (Å²) in [5.41, 5.74) is 4.11. The molecule has 8 heteroatoms. The van der Waals surface area contributed by atoms with Gasteiger partial charge in [0.25, 0.3) is 11.8 Å². The Balaban J connectivity index is 1.34. The van der Waals surface area contributed by atoms with E-state index in [0.717, 1.165) is 62.6 Å². The third-order valence-corrected chi connectivity index (χ3v) is 6.97. The highest BCUT2D eigenvalue weighted by Gasteiger charge is 2.34. The maximum absolute atomic E-state index is 13.2. The molecule has 3 aromatic carbocycles. The van der Waals surface area contributed by atoms with E-state index in [1.165, 1.54) is 0 Å². The van der Waals surface area contributed by atoms with Crippen LogP contribution in [-0.4, -0.2) is 67.9 Å². The van der Waals surface area contributed by atoms with Gasteiger partial charge in [-0.1, -0.05) is 36.4 Å². The second kappa shape index (κ2) is 11.6. The fraction of sp³-hybridized carbons (Fsp3) is 0.310. The minimum atomic E-state index is -0.352. The molecule has 8 nitrogen and oxygen atoms in total. The zero-order valence-electron chi connectivity index (χ0n) is 21.2. The number of para-hydroxylation sites is 1. The second-order valence-corrected chi connectivity index (χ2v) is 9.62. The first kappa shape index (κ1) is 25.0. The fourth-order valence-corrected chi connectivity index (χ4v) is 4.89. The number of carbonyl (C=O) groups excluding carboxylic acids is 2. The number of hydrogen-bond donors (Lipinski definition) is 4. The number of benzene rings is 3. The molecule has 1 unspecified atom stereocenters. The predicted octanol–water partition coefficient (Wildman–Crippen LogP) is 3.65. The molecule has 0 aromatic heterocycles. The summed E-state index contributed by atoms with van der Waals surface area (Å²) >= 11 is 0. The van der Waals surface area contributed by atoms with Gasteiger partial charge in [-0.05, 0) is 63.0 Å². The molecule has 2 heterocycles. The van der Waals surface area contributed by atoms with Gasteiger partial charge in [0.2, 0.25) is 0 Å². The van der Waals surface area contributed by atoms with E-state index in [1.807, 2.05) is 54.6 Å². The first-order valence-corrected chi connectivity index (χ1v) is 12.9. The first-order chi connectivity index (χ1) is 18.1. The van der Waals surface area contributed by atoms with Crippen molar-refractivity contribution in [1.82, 2.24) is 20.4 Å². The van der Waals surface area contributed by atoms with Crippen molar-refractivity contribution in [2.45, 2.75) is 12.6 Å². The molecular formula is C29H34N6O2. The zero-order chi connectivity index (χ0) is 25.6. The van der Waals surface area contributed by atoms with Gasteiger partial charge in [-0.2, -0.15) is 0 Å². The van der Waals surface area contributed by atoms with Gasteiger partial charge in [0, 0.05) is 48.7 Å². The Morgan fingerprint density at radius 1 is 0.919 bits per heavy atom. The molecule has 192 valence electrons. The van der Waals surface area contributed by atoms with E-state index >= 15 is 0 Å². The van der Waals surface area contributed by atoms with Crippen LogP contribution in [0.1, 0.15) is 38.9 Å². The molecule has 0 radical (unpaired) electrons. The van der Waals surface area contributed by atoms with Gasteiger partial charge in [0.05, 0.1) is 11.3 Å². The molecule has 2 aliphatic rings. The van der Waals surface area contributed by atoms with E-state index in [-0.39, 0.29) is 18.0 Å². The minimum Gasteiger partial charge on any atom is -0.355 e. The molecule has 2 amide bonds. The van der Waals surface area contributed by atoms with Gasteiger partial charge in [0.15, 0.2) is 0 Å². The van der Waals surface area contributed by atoms with Crippen molar-refractivity contribution in [1.29, 1.82) is 0 Å². The first-order valence-electron chi connectivity index (χ1n) is 12.9. The van der Waals surface area contributed by atoms with Crippen LogP contribution in [-0.2, 0) is 0 Å². The molecule has 1 saturated heterocycles. The van der Waals surface area contributed by atoms with E-state index in [2.05, 4.69) is 38.1 Å². The number of fused-ring (bicyclic) bond motifs is 1. The van der Waals surface area contributed by atoms with Gasteiger partial charge < -0.3 is 25.8 Å². The number of nitrogens with one attached hydrogen (secondary N) is 4. The van der Waals surface area contributed by atoms with Crippen LogP contribution in [0.2, 0.25) is 0 Å². The fourth-order valence-electron chi connectivity index (χ4n) is 4.89. The summed E-state index contributed by atoms with van der Waals surface area (Å²) in [6.07, 6.45) is 0.631. The number of anilines is 3. The van der Waals surface area contributed by atoms with Crippen molar-refractivity contribution < 1.29 is 9.59 Å². The van der Waals surface area contributed by atoms with Crippen molar-refractivity contribution >= 4 is 28.9 Å². The van der Waals surface area contributed by atoms with E-state index in [4.69, 9.17) is 0 Å². The summed E-state index contributed by atoms with van der Waals surface area (Å²) in [5, 5.41) is 13.0. The molecule has 0 aliphatic carbocycles. The third kappa shape index (κ3) is 5.99. The highest BCUT2D eigenvalue weighted by atomic mass is 16.2. The standard InChI is InChI=1S/C29H34N6O2/c1-34-17-19-35(20-18-34)16-8-15-30-27-25-23(31-22-11-6-3-7-12-22)13-14-24(26(25)29(37)33-27)32-28(36)21-9-4-2-5-10-21/h2-7,9-14,27,30-31H,8,15-20H2,1H3,(H,32,36)(H,33,37). The Kier molecular flexibility index (Phi) is 7.79. The van der Waals surface area contributed by atoms with Gasteiger partial charge in [-0.25, -0.2) is 0 Å². The molecule has 4 N–H and O–H groups in total. The summed E-state index contributed by atoms with van der Waals surface area (Å²) in [4.78, 5) is 30.9. The molecule has 0 saturated carbocycles. The van der Waals surface area contributed by atoms with E-state index < -0.39 is 0 Å². The van der Waals surface area contributed by atoms with Gasteiger partial charge in [-0.15, -0.1) is 0 Å². The number of nitrogens with zero attached hydrogens (tertiary/aromatic N) is 2. The van der Waals surface area contributed by atoms with Crippen LogP contribution >= 0.6 is 0 Å². The summed E-state index contributed by atoms with van der Waals surface area (Å²) < 4.78 is 0. The average Bonchev–Trinajstić information content (AvgIpc) is 3.26. The molecule has 1 atom stereocenters. The number of piperazine rings is 1. The number of amides is 2. The SMILES string of the molecule is CN1CCN(CCCNC2NC(=O)c3c(NC(=O)c4ccccc4)ccc(Nc4ccccc4)c32)CC1. The molecule has 3 aromatic rings. The molecular weight excluding hydrogens is 464 g/mol. The Morgan fingerprint density at radius 2 is 1.59 bits per heavy atom. The van der Waals surface area contributed by atoms with E-state index in [0.29, 0.717) is 16.8 Å². The molecule has 1 fully saturated rings. The number of likely N-dealkylation sites (N-methyl/N-ethyl adjacent to an activating group) is 1. The quantitative estimate of drug-likeness (QED) is 0.337. The molecule has 0 spiro atoms. The highest BCUT2D eigenvalue weighted by Crippen LogP contribution is 2.37. The average molecular weight is 499 g/mol. The molecule has 5 rings (SSSR count). The van der Waals surface area contributed by atoms with Crippen LogP contribution in [0.3, 0.4) is 0 Å². The molecule has 37 heavy (non-hydrogen) atoms. The number of hydrogen-bond acceptors (Lipinski definition) is 6. The highest BCUT2D eigenvalue weighted by molar-refractivity contribution is 6.12. The normalized spacial score (nSPS) is 17.8. The lowest BCUT2D eigenvalue weighted by molar-refractivity contribution is 0.0951. The summed E-state index contributed by atoms with van der Waals surface area (Å²) in [7, 11) is 2.16. The predicted molar refractivity (Wildman–Crippen MR) is 147 cm³/mol. The topological polar surface area (TPSA) is 88.7 Å². The lowest BCUT2D eigenvalue weighted by Gasteiger charge is -2.32. The smallest absolute Gasteiger partial charge is 0.255 e. The lowest BCUT2D eigenvalue weighted by Crippen LogP contribution is -2.45. The van der Waals surface area contributed by atoms with Crippen molar-refractivity contribution in [2.75, 3.05) is 56.9 Å². The van der Waals surface area contributed by atoms with Gasteiger partial charge in [-0.3, -0.25) is 14.9 Å². The van der Waals surface area contributed by atoms with Crippen LogP contribution < -0.4 is 21.3 Å². The van der Waals surface area contributed by atoms with Crippen molar-refractivity contribution in [3.05, 3.63) is 89.5 Å². The van der Waals surface area contributed by atoms with Crippen LogP contribution in [0.5, 0.6) is 0 Å². The van der Waals surface area contributed by atoms with Crippen LogP contribution in [0.4, 0.5) is 17.1 Å². The van der Waals surface area contributed by atoms with Crippen LogP contribution in [0.15, 0.2) is 72.8 Å². The molecule has 0 bridgehead atoms. The molecule has 2 aliphatic heterocycles. The Morgan fingerprint density at radius 3 is 2.32 bits per heavy atom. The Hall–Kier alpha value is -3.72. The largest absolute Gasteiger partial charge is 0.355 e. The van der Waals surface area contributed by atoms with Crippen LogP contribution in [0, 0.1) is 0 Å². The Bertz CT molecular complexity index is 1230. The monoisotopic (exact) mass is 498 g/mol. The zero-order valence-corrected chi connectivity index (χ0v) is 21.2. The minimum absolute atomic E-state index is 0.202. The Labute approximate surface area is 218 Å². The number of rotatable bonds is 9. The van der Waals surface area contributed by atoms with Gasteiger partial charge in [0.1, 0.15) is 6.17 Å². The van der Waals surface area contributed by atoms with Crippen molar-refractivity contribution in [2.24, 2.45) is 0 Å². The van der Waals surface area contributed by atoms with E-state index in [1.54, 1.807) is 18.2 Å². The number of carbonyl (C=O) groups is 2. The maximum Gasteiger partial charge on any atom is 0.255 e. The van der Waals surface area contributed by atoms with Crippen molar-refractivity contribution in [3.63, 3.8) is 0 Å². The van der Waals surface area contributed by atoms with Crippen molar-refractivity contribution in [3.8, 4) is 0 Å².